The van der Waals surface area contributed by atoms with Crippen molar-refractivity contribution in [2.75, 3.05) is 7.05 Å². The topological polar surface area (TPSA) is 29.0 Å². The van der Waals surface area contributed by atoms with Crippen LogP contribution in [0.4, 0.5) is 0 Å². The van der Waals surface area contributed by atoms with Gasteiger partial charge < -0.3 is 0 Å². The third-order valence-corrected chi connectivity index (χ3v) is 3.57. The second-order valence-corrected chi connectivity index (χ2v) is 6.02. The highest BCUT2D eigenvalue weighted by molar-refractivity contribution is 9.10. The molecule has 0 N–H and O–H groups in total. The Labute approximate surface area is 114 Å². The second-order valence-electron chi connectivity index (χ2n) is 4.04. The van der Waals surface area contributed by atoms with E-state index in [0.29, 0.717) is 0 Å². The van der Waals surface area contributed by atoms with E-state index in [1.54, 1.807) is 17.5 Å². The van der Waals surface area contributed by atoms with E-state index in [2.05, 4.69) is 49.3 Å². The Morgan fingerprint density at radius 2 is 2.18 bits per heavy atom. The maximum atomic E-state index is 4.46. The van der Waals surface area contributed by atoms with Crippen molar-refractivity contribution in [2.24, 2.45) is 0 Å². The maximum Gasteiger partial charge on any atom is 0.0897 e. The summed E-state index contributed by atoms with van der Waals surface area (Å²) in [6.07, 6.45) is 3.70. The molecule has 0 radical (unpaired) electrons. The average molecular weight is 312 g/mol. The number of halogens is 1. The third-order valence-electron chi connectivity index (χ3n) is 2.31. The van der Waals surface area contributed by atoms with E-state index in [1.807, 2.05) is 13.1 Å². The Kier molecular flexibility index (Phi) is 4.25. The van der Waals surface area contributed by atoms with Gasteiger partial charge in [0.1, 0.15) is 0 Å². The highest BCUT2D eigenvalue weighted by Crippen LogP contribution is 2.13. The van der Waals surface area contributed by atoms with Gasteiger partial charge in [-0.3, -0.25) is 9.88 Å². The number of rotatable bonds is 4. The number of hydrogen-bond donors (Lipinski definition) is 0. The van der Waals surface area contributed by atoms with E-state index in [0.717, 1.165) is 28.3 Å². The van der Waals surface area contributed by atoms with Gasteiger partial charge in [0, 0.05) is 35.3 Å². The molecule has 2 rings (SSSR count). The highest BCUT2D eigenvalue weighted by Gasteiger charge is 2.05. The molecule has 0 amide bonds. The molecular weight excluding hydrogens is 298 g/mol. The first kappa shape index (κ1) is 12.7. The van der Waals surface area contributed by atoms with E-state index in [-0.39, 0.29) is 0 Å². The van der Waals surface area contributed by atoms with Crippen molar-refractivity contribution in [1.29, 1.82) is 0 Å². The zero-order valence-electron chi connectivity index (χ0n) is 9.85. The molecule has 0 unspecified atom stereocenters. The minimum atomic E-state index is 0.872. The molecule has 2 heterocycles. The molecule has 0 bridgehead atoms. The highest BCUT2D eigenvalue weighted by atomic mass is 79.9. The summed E-state index contributed by atoms with van der Waals surface area (Å²) >= 11 is 5.13. The first-order chi connectivity index (χ1) is 8.13. The number of pyridine rings is 1. The Hall–Kier alpha value is -0.780. The van der Waals surface area contributed by atoms with Gasteiger partial charge >= 0.3 is 0 Å². The van der Waals surface area contributed by atoms with Crippen LogP contribution in [0.15, 0.2) is 28.3 Å². The van der Waals surface area contributed by atoms with Gasteiger partial charge in [-0.25, -0.2) is 4.98 Å². The van der Waals surface area contributed by atoms with Crippen LogP contribution in [-0.2, 0) is 13.1 Å². The van der Waals surface area contributed by atoms with Crippen molar-refractivity contribution < 1.29 is 0 Å². The zero-order chi connectivity index (χ0) is 12.3. The molecule has 0 saturated carbocycles. The lowest BCUT2D eigenvalue weighted by molar-refractivity contribution is 0.315. The molecule has 2 aromatic heterocycles. The SMILES string of the molecule is Cc1nc(CN(C)Cc2cncc(Br)c2)cs1. The molecule has 0 spiro atoms. The average Bonchev–Trinajstić information content (AvgIpc) is 2.63. The standard InChI is InChI=1S/C12H14BrN3S/c1-9-15-12(8-17-9)7-16(2)6-10-3-11(13)5-14-4-10/h3-5,8H,6-7H2,1-2H3. The predicted octanol–water partition coefficient (Wildman–Crippen LogP) is 3.24. The van der Waals surface area contributed by atoms with Gasteiger partial charge in [-0.2, -0.15) is 0 Å². The lowest BCUT2D eigenvalue weighted by Gasteiger charge is -2.15. The minimum Gasteiger partial charge on any atom is -0.296 e. The van der Waals surface area contributed by atoms with Crippen LogP contribution < -0.4 is 0 Å². The summed E-state index contributed by atoms with van der Waals surface area (Å²) in [5.74, 6) is 0. The monoisotopic (exact) mass is 311 g/mol. The maximum absolute atomic E-state index is 4.46. The van der Waals surface area contributed by atoms with Crippen molar-refractivity contribution in [1.82, 2.24) is 14.9 Å². The van der Waals surface area contributed by atoms with Gasteiger partial charge in [-0.05, 0) is 41.5 Å². The summed E-state index contributed by atoms with van der Waals surface area (Å²) in [6, 6.07) is 2.09. The van der Waals surface area contributed by atoms with Crippen LogP contribution in [0, 0.1) is 6.92 Å². The molecule has 90 valence electrons. The van der Waals surface area contributed by atoms with E-state index in [1.165, 1.54) is 5.56 Å². The van der Waals surface area contributed by atoms with Gasteiger partial charge in [0.15, 0.2) is 0 Å². The molecule has 0 aliphatic rings. The molecular formula is C12H14BrN3S. The first-order valence-corrected chi connectivity index (χ1v) is 7.00. The van der Waals surface area contributed by atoms with E-state index in [9.17, 15) is 0 Å². The Bertz CT molecular complexity index is 498. The third kappa shape index (κ3) is 3.87. The Balaban J connectivity index is 1.95. The van der Waals surface area contributed by atoms with Crippen molar-refractivity contribution in [2.45, 2.75) is 20.0 Å². The van der Waals surface area contributed by atoms with E-state index in [4.69, 9.17) is 0 Å². The summed E-state index contributed by atoms with van der Waals surface area (Å²) < 4.78 is 1.02. The van der Waals surface area contributed by atoms with E-state index >= 15 is 0 Å². The lowest BCUT2D eigenvalue weighted by Crippen LogP contribution is -2.17. The molecule has 0 saturated heterocycles. The molecule has 3 nitrogen and oxygen atoms in total. The van der Waals surface area contributed by atoms with Crippen molar-refractivity contribution in [3.05, 3.63) is 44.6 Å². The predicted molar refractivity (Wildman–Crippen MR) is 74.0 cm³/mol. The largest absolute Gasteiger partial charge is 0.296 e. The van der Waals surface area contributed by atoms with Crippen LogP contribution in [0.25, 0.3) is 0 Å². The second kappa shape index (κ2) is 5.71. The molecule has 5 heteroatoms. The molecule has 17 heavy (non-hydrogen) atoms. The number of aryl methyl sites for hydroxylation is 1. The van der Waals surface area contributed by atoms with Crippen LogP contribution >= 0.6 is 27.3 Å². The summed E-state index contributed by atoms with van der Waals surface area (Å²) in [6.45, 7) is 3.78. The van der Waals surface area contributed by atoms with Gasteiger partial charge in [0.05, 0.1) is 10.7 Å². The van der Waals surface area contributed by atoms with Crippen molar-refractivity contribution in [3.63, 3.8) is 0 Å². The zero-order valence-corrected chi connectivity index (χ0v) is 12.3. The van der Waals surface area contributed by atoms with Crippen molar-refractivity contribution >= 4 is 27.3 Å². The number of thiazole rings is 1. The first-order valence-electron chi connectivity index (χ1n) is 5.32. The fraction of sp³-hybridized carbons (Fsp3) is 0.333. The Morgan fingerprint density at radius 3 is 2.82 bits per heavy atom. The van der Waals surface area contributed by atoms with Gasteiger partial charge in [-0.1, -0.05) is 0 Å². The quantitative estimate of drug-likeness (QED) is 0.868. The molecule has 0 aliphatic heterocycles. The van der Waals surface area contributed by atoms with Crippen LogP contribution in [0.1, 0.15) is 16.3 Å². The van der Waals surface area contributed by atoms with Gasteiger partial charge in [-0.15, -0.1) is 11.3 Å². The molecule has 2 aromatic rings. The van der Waals surface area contributed by atoms with Crippen LogP contribution in [0.2, 0.25) is 0 Å². The fourth-order valence-electron chi connectivity index (χ4n) is 1.67. The molecule has 0 aliphatic carbocycles. The number of aromatic nitrogens is 2. The fourth-order valence-corrected chi connectivity index (χ4v) is 2.68. The normalized spacial score (nSPS) is 11.1. The minimum absolute atomic E-state index is 0.872. The van der Waals surface area contributed by atoms with Crippen LogP contribution in [0.5, 0.6) is 0 Å². The van der Waals surface area contributed by atoms with Gasteiger partial charge in [0.2, 0.25) is 0 Å². The Morgan fingerprint density at radius 1 is 1.35 bits per heavy atom. The summed E-state index contributed by atoms with van der Waals surface area (Å²) in [5.41, 5.74) is 2.34. The summed E-state index contributed by atoms with van der Waals surface area (Å²) in [5, 5.41) is 3.24. The van der Waals surface area contributed by atoms with Crippen molar-refractivity contribution in [3.8, 4) is 0 Å². The molecule has 0 aromatic carbocycles. The number of hydrogen-bond acceptors (Lipinski definition) is 4. The number of nitrogens with zero attached hydrogens (tertiary/aromatic N) is 3. The van der Waals surface area contributed by atoms with Crippen LogP contribution in [-0.4, -0.2) is 21.9 Å². The smallest absolute Gasteiger partial charge is 0.0897 e. The molecule has 0 fully saturated rings. The van der Waals surface area contributed by atoms with Gasteiger partial charge in [0.25, 0.3) is 0 Å². The lowest BCUT2D eigenvalue weighted by atomic mass is 10.2. The van der Waals surface area contributed by atoms with Crippen LogP contribution in [0.3, 0.4) is 0 Å². The van der Waals surface area contributed by atoms with E-state index < -0.39 is 0 Å². The molecule has 0 atom stereocenters. The summed E-state index contributed by atoms with van der Waals surface area (Å²) in [7, 11) is 2.09. The summed E-state index contributed by atoms with van der Waals surface area (Å²) in [4.78, 5) is 10.9.